The highest BCUT2D eigenvalue weighted by Crippen LogP contribution is 2.16. The number of carbonyl (C=O) groups excluding carboxylic acids is 2. The maximum Gasteiger partial charge on any atom is 0.329 e. The fourth-order valence-electron chi connectivity index (χ4n) is 2.24. The molecule has 0 heterocycles. The Bertz CT molecular complexity index is 325. The van der Waals surface area contributed by atoms with E-state index < -0.39 is 11.6 Å². The average molecular weight is 299 g/mol. The van der Waals surface area contributed by atoms with Gasteiger partial charge in [-0.1, -0.05) is 40.5 Å². The third-order valence-corrected chi connectivity index (χ3v) is 3.27. The molecule has 0 aromatic heterocycles. The van der Waals surface area contributed by atoms with E-state index in [0.717, 1.165) is 25.7 Å². The maximum atomic E-state index is 12.4. The predicted octanol–water partition coefficient (Wildman–Crippen LogP) is 3.69. The van der Waals surface area contributed by atoms with Crippen molar-refractivity contribution in [2.24, 2.45) is 11.8 Å². The second-order valence-electron chi connectivity index (χ2n) is 7.04. The molecule has 0 radical (unpaired) electrons. The molecule has 1 N–H and O–H groups in total. The Kier molecular flexibility index (Phi) is 8.60. The zero-order valence-corrected chi connectivity index (χ0v) is 14.8. The minimum absolute atomic E-state index is 0.00713. The summed E-state index contributed by atoms with van der Waals surface area (Å²) in [7, 11) is 0. The lowest BCUT2D eigenvalue weighted by molar-refractivity contribution is -0.160. The molecular weight excluding hydrogens is 266 g/mol. The van der Waals surface area contributed by atoms with Crippen LogP contribution in [0.25, 0.3) is 0 Å². The van der Waals surface area contributed by atoms with Gasteiger partial charge in [0.1, 0.15) is 11.6 Å². The van der Waals surface area contributed by atoms with Crippen LogP contribution in [0.15, 0.2) is 0 Å². The molecule has 0 bridgehead atoms. The number of nitrogens with one attached hydrogen (secondary N) is 1. The van der Waals surface area contributed by atoms with Gasteiger partial charge < -0.3 is 10.1 Å². The van der Waals surface area contributed by atoms with Crippen molar-refractivity contribution in [2.75, 3.05) is 0 Å². The SMILES string of the molecule is CCCC(CCC)C(=O)N[C@@H](C(=O)OC(C)(C)C)C(C)C. The van der Waals surface area contributed by atoms with Gasteiger partial charge in [0.2, 0.25) is 5.91 Å². The highest BCUT2D eigenvalue weighted by molar-refractivity contribution is 5.86. The van der Waals surface area contributed by atoms with Gasteiger partial charge in [-0.05, 0) is 39.5 Å². The highest BCUT2D eigenvalue weighted by Gasteiger charge is 2.30. The molecule has 124 valence electrons. The lowest BCUT2D eigenvalue weighted by Gasteiger charge is -2.27. The molecule has 21 heavy (non-hydrogen) atoms. The molecule has 1 amide bonds. The van der Waals surface area contributed by atoms with Gasteiger partial charge in [-0.25, -0.2) is 4.79 Å². The van der Waals surface area contributed by atoms with Crippen LogP contribution in [0, 0.1) is 11.8 Å². The first-order valence-electron chi connectivity index (χ1n) is 8.15. The van der Waals surface area contributed by atoms with E-state index >= 15 is 0 Å². The van der Waals surface area contributed by atoms with Crippen molar-refractivity contribution in [3.05, 3.63) is 0 Å². The Morgan fingerprint density at radius 1 is 1.05 bits per heavy atom. The summed E-state index contributed by atoms with van der Waals surface area (Å²) in [4.78, 5) is 24.6. The van der Waals surface area contributed by atoms with E-state index in [9.17, 15) is 9.59 Å². The van der Waals surface area contributed by atoms with Crippen molar-refractivity contribution in [3.8, 4) is 0 Å². The summed E-state index contributed by atoms with van der Waals surface area (Å²) in [6, 6.07) is -0.576. The first-order valence-corrected chi connectivity index (χ1v) is 8.15. The van der Waals surface area contributed by atoms with Gasteiger partial charge >= 0.3 is 5.97 Å². The fourth-order valence-corrected chi connectivity index (χ4v) is 2.24. The lowest BCUT2D eigenvalue weighted by Crippen LogP contribution is -2.49. The second-order valence-corrected chi connectivity index (χ2v) is 7.04. The van der Waals surface area contributed by atoms with E-state index in [1.807, 2.05) is 34.6 Å². The molecule has 0 aliphatic rings. The molecule has 0 aromatic carbocycles. The summed E-state index contributed by atoms with van der Waals surface area (Å²) in [5.41, 5.74) is -0.540. The molecule has 0 saturated carbocycles. The van der Waals surface area contributed by atoms with E-state index in [4.69, 9.17) is 4.74 Å². The highest BCUT2D eigenvalue weighted by atomic mass is 16.6. The zero-order chi connectivity index (χ0) is 16.6. The summed E-state index contributed by atoms with van der Waals surface area (Å²) in [5.74, 6) is -0.378. The third kappa shape index (κ3) is 8.08. The molecule has 0 aliphatic heterocycles. The van der Waals surface area contributed by atoms with E-state index in [1.165, 1.54) is 0 Å². The van der Waals surface area contributed by atoms with Gasteiger partial charge in [0.15, 0.2) is 0 Å². The zero-order valence-electron chi connectivity index (χ0n) is 14.8. The third-order valence-electron chi connectivity index (χ3n) is 3.27. The molecule has 0 aromatic rings. The molecule has 1 atom stereocenters. The normalized spacial score (nSPS) is 13.4. The summed E-state index contributed by atoms with van der Waals surface area (Å²) in [6.07, 6.45) is 3.66. The lowest BCUT2D eigenvalue weighted by atomic mass is 9.95. The smallest absolute Gasteiger partial charge is 0.329 e. The molecule has 0 unspecified atom stereocenters. The molecule has 0 fully saturated rings. The van der Waals surface area contributed by atoms with Gasteiger partial charge in [-0.3, -0.25) is 4.79 Å². The standard InChI is InChI=1S/C17H33NO3/c1-8-10-13(11-9-2)15(19)18-14(12(3)4)16(20)21-17(5,6)7/h12-14H,8-11H2,1-7H3,(H,18,19)/t14-/m1/s1. The molecule has 0 spiro atoms. The second kappa shape index (κ2) is 9.06. The van der Waals surface area contributed by atoms with Crippen LogP contribution in [0.1, 0.15) is 74.1 Å². The van der Waals surface area contributed by atoms with Crippen LogP contribution in [-0.2, 0) is 14.3 Å². The molecule has 0 rings (SSSR count). The van der Waals surface area contributed by atoms with E-state index in [1.54, 1.807) is 0 Å². The van der Waals surface area contributed by atoms with Crippen LogP contribution in [0.2, 0.25) is 0 Å². The van der Waals surface area contributed by atoms with Gasteiger partial charge in [0, 0.05) is 5.92 Å². The van der Waals surface area contributed by atoms with Crippen LogP contribution in [0.4, 0.5) is 0 Å². The Labute approximate surface area is 130 Å². The van der Waals surface area contributed by atoms with Gasteiger partial charge in [-0.2, -0.15) is 0 Å². The minimum atomic E-state index is -0.576. The number of hydrogen-bond donors (Lipinski definition) is 1. The maximum absolute atomic E-state index is 12.4. The summed E-state index contributed by atoms with van der Waals surface area (Å²) in [5, 5.41) is 2.90. The number of esters is 1. The largest absolute Gasteiger partial charge is 0.458 e. The van der Waals surface area contributed by atoms with Crippen molar-refractivity contribution in [1.29, 1.82) is 0 Å². The number of ether oxygens (including phenoxy) is 1. The number of amides is 1. The summed E-state index contributed by atoms with van der Waals surface area (Å²) >= 11 is 0. The van der Waals surface area contributed by atoms with Gasteiger partial charge in [0.25, 0.3) is 0 Å². The van der Waals surface area contributed by atoms with Crippen molar-refractivity contribution in [2.45, 2.75) is 85.8 Å². The van der Waals surface area contributed by atoms with E-state index in [-0.39, 0.29) is 23.7 Å². The van der Waals surface area contributed by atoms with Crippen LogP contribution >= 0.6 is 0 Å². The molecule has 4 heteroatoms. The minimum Gasteiger partial charge on any atom is -0.458 e. The van der Waals surface area contributed by atoms with E-state index in [0.29, 0.717) is 0 Å². The topological polar surface area (TPSA) is 55.4 Å². The Morgan fingerprint density at radius 3 is 1.86 bits per heavy atom. The van der Waals surface area contributed by atoms with Crippen LogP contribution in [0.5, 0.6) is 0 Å². The van der Waals surface area contributed by atoms with Crippen molar-refractivity contribution >= 4 is 11.9 Å². The first-order chi connectivity index (χ1) is 9.62. The quantitative estimate of drug-likeness (QED) is 0.695. The molecule has 4 nitrogen and oxygen atoms in total. The average Bonchev–Trinajstić information content (AvgIpc) is 2.32. The fraction of sp³-hybridized carbons (Fsp3) is 0.882. The molecular formula is C17H33NO3. The van der Waals surface area contributed by atoms with E-state index in [2.05, 4.69) is 19.2 Å². The monoisotopic (exact) mass is 299 g/mol. The van der Waals surface area contributed by atoms with Gasteiger partial charge in [-0.15, -0.1) is 0 Å². The Morgan fingerprint density at radius 2 is 1.52 bits per heavy atom. The summed E-state index contributed by atoms with van der Waals surface area (Å²) < 4.78 is 5.41. The van der Waals surface area contributed by atoms with Crippen LogP contribution in [-0.4, -0.2) is 23.5 Å². The molecule has 0 aliphatic carbocycles. The Hall–Kier alpha value is -1.06. The van der Waals surface area contributed by atoms with Crippen molar-refractivity contribution in [3.63, 3.8) is 0 Å². The van der Waals surface area contributed by atoms with Gasteiger partial charge in [0.05, 0.1) is 0 Å². The summed E-state index contributed by atoms with van der Waals surface area (Å²) in [6.45, 7) is 13.5. The first kappa shape index (κ1) is 19.9. The van der Waals surface area contributed by atoms with Crippen LogP contribution in [0.3, 0.4) is 0 Å². The number of carbonyl (C=O) groups is 2. The number of hydrogen-bond acceptors (Lipinski definition) is 3. The molecule has 0 saturated heterocycles. The van der Waals surface area contributed by atoms with Crippen LogP contribution < -0.4 is 5.32 Å². The van der Waals surface area contributed by atoms with Crippen molar-refractivity contribution in [1.82, 2.24) is 5.32 Å². The number of rotatable bonds is 8. The van der Waals surface area contributed by atoms with Crippen molar-refractivity contribution < 1.29 is 14.3 Å². The predicted molar refractivity (Wildman–Crippen MR) is 85.9 cm³/mol. The Balaban J connectivity index is 4.83.